The Morgan fingerprint density at radius 2 is 1.32 bits per heavy atom. The molecule has 6 aromatic rings. The van der Waals surface area contributed by atoms with Gasteiger partial charge in [0.1, 0.15) is 17.7 Å². The third-order valence-corrected chi connectivity index (χ3v) is 10.8. The molecule has 0 bridgehead atoms. The number of ether oxygens (including phenoxy) is 1. The lowest BCUT2D eigenvalue weighted by Gasteiger charge is -2.28. The highest BCUT2D eigenvalue weighted by atomic mass is 17.2. The van der Waals surface area contributed by atoms with E-state index in [1.54, 1.807) is 4.90 Å². The highest BCUT2D eigenvalue weighted by Crippen LogP contribution is 2.36. The Morgan fingerprint density at radius 1 is 0.772 bits per heavy atom. The van der Waals surface area contributed by atoms with Crippen LogP contribution in [0.3, 0.4) is 0 Å². The molecule has 0 radical (unpaired) electrons. The number of fused-ring (bicyclic) bond motifs is 2. The number of aromatic amines is 2. The number of alkyl carbamates (subject to hydrolysis) is 1. The van der Waals surface area contributed by atoms with Crippen LogP contribution in [-0.4, -0.2) is 81.4 Å². The van der Waals surface area contributed by atoms with Crippen molar-refractivity contribution in [2.75, 3.05) is 27.3 Å². The lowest BCUT2D eigenvalue weighted by atomic mass is 10.0. The van der Waals surface area contributed by atoms with Crippen LogP contribution in [0, 0.1) is 0 Å². The van der Waals surface area contributed by atoms with Crippen molar-refractivity contribution in [2.45, 2.75) is 56.3 Å². The van der Waals surface area contributed by atoms with Gasteiger partial charge in [-0.1, -0.05) is 72.8 Å². The van der Waals surface area contributed by atoms with Crippen LogP contribution in [0.4, 0.5) is 4.79 Å². The van der Waals surface area contributed by atoms with E-state index in [4.69, 9.17) is 19.6 Å². The highest BCUT2D eigenvalue weighted by molar-refractivity contribution is 5.88. The predicted octanol–water partition coefficient (Wildman–Crippen LogP) is 6.80. The number of hydrogen-bond acceptors (Lipinski definition) is 9. The summed E-state index contributed by atoms with van der Waals surface area (Å²) in [5.41, 5.74) is 7.08. The molecule has 2 aromatic heterocycles. The van der Waals surface area contributed by atoms with E-state index in [0.29, 0.717) is 30.9 Å². The van der Waals surface area contributed by atoms with Gasteiger partial charge in [0.05, 0.1) is 48.4 Å². The average molecular weight is 769 g/mol. The fraction of sp³-hybridized carbons (Fsp3) is 0.302. The molecule has 14 nitrogen and oxygen atoms in total. The maximum absolute atomic E-state index is 14.0. The molecule has 2 aliphatic heterocycles. The molecule has 4 aromatic carbocycles. The maximum atomic E-state index is 14.0. The lowest BCUT2D eigenvalue weighted by Crippen LogP contribution is -2.42. The molecule has 0 saturated carbocycles. The Balaban J connectivity index is 0.982. The number of methoxy groups -OCH3 is 1. The number of carbonyl (C=O) groups is 3. The Hall–Kier alpha value is -6.54. The van der Waals surface area contributed by atoms with Crippen LogP contribution in [0.2, 0.25) is 0 Å². The number of aromatic nitrogens is 4. The first-order valence-electron chi connectivity index (χ1n) is 19.1. The number of carbonyl (C=O) groups excluding carboxylic acids is 3. The van der Waals surface area contributed by atoms with Gasteiger partial charge in [-0.3, -0.25) is 9.59 Å². The van der Waals surface area contributed by atoms with Crippen molar-refractivity contribution in [2.24, 2.45) is 4.99 Å². The highest BCUT2D eigenvalue weighted by Gasteiger charge is 2.38. The Bertz CT molecular complexity index is 2400. The molecule has 2 fully saturated rings. The topological polar surface area (TPSA) is 167 Å². The first-order chi connectivity index (χ1) is 27.9. The Kier molecular flexibility index (Phi) is 10.9. The monoisotopic (exact) mass is 768 g/mol. The second-order valence-corrected chi connectivity index (χ2v) is 14.3. The fourth-order valence-corrected chi connectivity index (χ4v) is 8.04. The van der Waals surface area contributed by atoms with Crippen LogP contribution in [0.5, 0.6) is 0 Å². The molecule has 57 heavy (non-hydrogen) atoms. The fourth-order valence-electron chi connectivity index (χ4n) is 8.04. The minimum atomic E-state index is -0.883. The minimum Gasteiger partial charge on any atom is -0.453 e. The number of rotatable bonds is 12. The summed E-state index contributed by atoms with van der Waals surface area (Å²) < 4.78 is 4.84. The SMILES string of the molecule is COOC=N[C@@H](C(=O)N1CCC[C@H]1c1nc2ccc(Cc3ccc4nc([C@@H]5CCCN5C(=O)[C@H](NC(=O)OC)c5ccccc5)[nH]c4c3)cc2[nH]1)c1ccccc1. The van der Waals surface area contributed by atoms with E-state index in [1.807, 2.05) is 77.7 Å². The van der Waals surface area contributed by atoms with E-state index in [1.165, 1.54) is 14.2 Å². The second kappa shape index (κ2) is 16.7. The van der Waals surface area contributed by atoms with Crippen LogP contribution in [0.25, 0.3) is 22.1 Å². The van der Waals surface area contributed by atoms with Gasteiger partial charge in [-0.15, -0.1) is 0 Å². The molecule has 0 unspecified atom stereocenters. The normalized spacial score (nSPS) is 18.0. The average Bonchev–Trinajstić information content (AvgIpc) is 4.07. The molecular weight excluding hydrogens is 725 g/mol. The number of benzene rings is 4. The first kappa shape index (κ1) is 37.4. The van der Waals surface area contributed by atoms with Crippen molar-refractivity contribution >= 4 is 46.4 Å². The van der Waals surface area contributed by atoms with Crippen molar-refractivity contribution in [3.05, 3.63) is 131 Å². The summed E-state index contributed by atoms with van der Waals surface area (Å²) in [7, 11) is 2.67. The summed E-state index contributed by atoms with van der Waals surface area (Å²) in [5, 5.41) is 2.72. The van der Waals surface area contributed by atoms with E-state index < -0.39 is 18.2 Å². The number of nitrogens with zero attached hydrogens (tertiary/aromatic N) is 5. The van der Waals surface area contributed by atoms with Crippen molar-refractivity contribution < 1.29 is 28.9 Å². The zero-order chi connectivity index (χ0) is 39.3. The van der Waals surface area contributed by atoms with Gasteiger partial charge in [-0.05, 0) is 78.6 Å². The van der Waals surface area contributed by atoms with E-state index in [0.717, 1.165) is 76.7 Å². The number of nitrogens with one attached hydrogen (secondary N) is 3. The van der Waals surface area contributed by atoms with Crippen molar-refractivity contribution in [3.63, 3.8) is 0 Å². The van der Waals surface area contributed by atoms with Gasteiger partial charge in [0.15, 0.2) is 6.04 Å². The molecule has 4 atom stereocenters. The molecule has 3 amide bonds. The van der Waals surface area contributed by atoms with Crippen LogP contribution >= 0.6 is 0 Å². The zero-order valence-electron chi connectivity index (χ0n) is 31.8. The standard InChI is InChI=1S/C43H44N8O6/c1-55-43(54)49-38(30-13-7-4-8-14-30)42(53)51-22-10-16-36(51)40-46-32-20-18-28(25-34(32)48-40)23-27-17-19-31-33(24-27)47-39(45-31)35-15-9-21-50(35)41(52)37(44-26-57-56-2)29-11-5-3-6-12-29/h3-8,11-14,17-20,24-26,35-38H,9-10,15-16,21-23H2,1-2H3,(H,45,47)(H,46,48)(H,49,54)/t35-,36-,37+,38+/m0/s1. The summed E-state index contributed by atoms with van der Waals surface area (Å²) in [6.45, 7) is 1.15. The summed E-state index contributed by atoms with van der Waals surface area (Å²) in [6.07, 6.45) is 4.38. The van der Waals surface area contributed by atoms with Gasteiger partial charge in [-0.2, -0.15) is 4.89 Å². The number of H-pyrrole nitrogens is 2. The molecule has 3 N–H and O–H groups in total. The number of amides is 3. The third kappa shape index (κ3) is 7.94. The Morgan fingerprint density at radius 3 is 1.86 bits per heavy atom. The van der Waals surface area contributed by atoms with E-state index in [-0.39, 0.29) is 23.9 Å². The molecule has 0 spiro atoms. The van der Waals surface area contributed by atoms with Gasteiger partial charge in [0.2, 0.25) is 6.40 Å². The molecule has 14 heteroatoms. The lowest BCUT2D eigenvalue weighted by molar-refractivity contribution is -0.188. The maximum Gasteiger partial charge on any atom is 0.407 e. The van der Waals surface area contributed by atoms with Crippen LogP contribution in [-0.2, 0) is 30.5 Å². The molecule has 2 aliphatic rings. The molecule has 2 saturated heterocycles. The summed E-state index contributed by atoms with van der Waals surface area (Å²) in [5.74, 6) is 1.13. The quantitative estimate of drug-likeness (QED) is 0.0529. The van der Waals surface area contributed by atoms with E-state index in [2.05, 4.69) is 49.4 Å². The van der Waals surface area contributed by atoms with Crippen molar-refractivity contribution in [3.8, 4) is 0 Å². The van der Waals surface area contributed by atoms with Gasteiger partial charge in [-0.25, -0.2) is 19.8 Å². The Labute approximate surface area is 329 Å². The minimum absolute atomic E-state index is 0.127. The van der Waals surface area contributed by atoms with Crippen LogP contribution in [0.15, 0.2) is 102 Å². The van der Waals surface area contributed by atoms with Crippen LogP contribution < -0.4 is 5.32 Å². The molecular formula is C43H44N8O6. The largest absolute Gasteiger partial charge is 0.453 e. The predicted molar refractivity (Wildman–Crippen MR) is 213 cm³/mol. The molecule has 4 heterocycles. The number of imidazole rings is 2. The summed E-state index contributed by atoms with van der Waals surface area (Å²) >= 11 is 0. The van der Waals surface area contributed by atoms with Gasteiger partial charge in [0.25, 0.3) is 11.8 Å². The number of hydrogen-bond donors (Lipinski definition) is 3. The summed E-state index contributed by atoms with van der Waals surface area (Å²) in [6, 6.07) is 28.9. The van der Waals surface area contributed by atoms with Gasteiger partial charge in [0, 0.05) is 13.1 Å². The van der Waals surface area contributed by atoms with E-state index in [9.17, 15) is 14.4 Å². The van der Waals surface area contributed by atoms with Crippen LogP contribution in [0.1, 0.15) is 83.8 Å². The van der Waals surface area contributed by atoms with Crippen molar-refractivity contribution in [1.82, 2.24) is 35.1 Å². The number of aliphatic imine (C=N–C) groups is 1. The van der Waals surface area contributed by atoms with Gasteiger partial charge >= 0.3 is 6.09 Å². The smallest absolute Gasteiger partial charge is 0.407 e. The molecule has 8 rings (SSSR count). The second-order valence-electron chi connectivity index (χ2n) is 14.3. The first-order valence-corrected chi connectivity index (χ1v) is 19.1. The van der Waals surface area contributed by atoms with Gasteiger partial charge < -0.3 is 34.7 Å². The van der Waals surface area contributed by atoms with E-state index >= 15 is 0 Å². The number of likely N-dealkylation sites (tertiary alicyclic amines) is 2. The molecule has 0 aliphatic carbocycles. The molecule has 292 valence electrons. The van der Waals surface area contributed by atoms with Crippen molar-refractivity contribution in [1.29, 1.82) is 0 Å². The zero-order valence-corrected chi connectivity index (χ0v) is 31.8. The third-order valence-electron chi connectivity index (χ3n) is 10.8. The summed E-state index contributed by atoms with van der Waals surface area (Å²) in [4.78, 5) is 74.6.